The molecule has 2 atom stereocenters. The van der Waals surface area contributed by atoms with Crippen LogP contribution in [0.3, 0.4) is 0 Å². The Hall–Kier alpha value is -4.42. The van der Waals surface area contributed by atoms with Gasteiger partial charge >= 0.3 is 12.4 Å². The lowest BCUT2D eigenvalue weighted by molar-refractivity contribution is -0.137. The summed E-state index contributed by atoms with van der Waals surface area (Å²) in [4.78, 5) is 28.3. The zero-order valence-corrected chi connectivity index (χ0v) is 22.6. The predicted molar refractivity (Wildman–Crippen MR) is 136 cm³/mol. The van der Waals surface area contributed by atoms with Crippen molar-refractivity contribution in [2.24, 2.45) is 0 Å². The van der Waals surface area contributed by atoms with Gasteiger partial charge in [0.2, 0.25) is 5.01 Å². The van der Waals surface area contributed by atoms with Crippen LogP contribution in [0.5, 0.6) is 0 Å². The molecule has 4 rings (SSSR count). The first-order valence-corrected chi connectivity index (χ1v) is 13.3. The number of halogens is 7. The van der Waals surface area contributed by atoms with Crippen molar-refractivity contribution >= 4 is 23.2 Å². The Labute approximate surface area is 242 Å². The van der Waals surface area contributed by atoms with E-state index in [1.807, 2.05) is 0 Å². The molecule has 0 aromatic carbocycles. The zero-order valence-electron chi connectivity index (χ0n) is 21.8. The smallest absolute Gasteiger partial charge is 0.373 e. The highest BCUT2D eigenvalue weighted by Gasteiger charge is 2.35. The summed E-state index contributed by atoms with van der Waals surface area (Å²) >= 11 is 0.915. The van der Waals surface area contributed by atoms with Gasteiger partial charge in [-0.1, -0.05) is 28.7 Å². The van der Waals surface area contributed by atoms with Crippen molar-refractivity contribution in [3.63, 3.8) is 0 Å². The quantitative estimate of drug-likeness (QED) is 0.274. The molecule has 0 fully saturated rings. The Morgan fingerprint density at radius 3 is 2.53 bits per heavy atom. The highest BCUT2D eigenvalue weighted by molar-refractivity contribution is 7.13. The van der Waals surface area contributed by atoms with E-state index < -0.39 is 47.6 Å². The number of amides is 2. The van der Waals surface area contributed by atoms with Gasteiger partial charge in [0.05, 0.1) is 36.6 Å². The van der Waals surface area contributed by atoms with E-state index in [1.165, 1.54) is 18.3 Å². The number of rotatable bonds is 11. The summed E-state index contributed by atoms with van der Waals surface area (Å²) in [6, 6.07) is 1.19. The average Bonchev–Trinajstić information content (AvgIpc) is 3.63. The van der Waals surface area contributed by atoms with E-state index in [1.54, 1.807) is 0 Å². The van der Waals surface area contributed by atoms with Crippen LogP contribution < -0.4 is 16.0 Å². The van der Waals surface area contributed by atoms with Gasteiger partial charge < -0.3 is 16.0 Å². The van der Waals surface area contributed by atoms with Crippen LogP contribution in [0.4, 0.5) is 30.7 Å². The minimum atomic E-state index is -4.54. The first-order valence-electron chi connectivity index (χ1n) is 12.5. The standard InChI is InChI=1S/C24H22F7N9O2S/c25-14(11-40-12-17(36-39-40)20(41)33-9-15-6-4-13(8-32-15)23(26,27)28)5-7-19-37-38-22(43-19)21(42)34-10-16-2-1-3-18(35-16)24(29,30)31/h1-4,6,8,12,14,16,35H,5,7,9-11H2,(H,33,41)(H,34,42). The topological polar surface area (TPSA) is 140 Å². The summed E-state index contributed by atoms with van der Waals surface area (Å²) in [5.74, 6) is -1.32. The Balaban J connectivity index is 1.18. The van der Waals surface area contributed by atoms with Gasteiger partial charge in [0.1, 0.15) is 16.9 Å². The highest BCUT2D eigenvalue weighted by Crippen LogP contribution is 2.28. The molecule has 1 aliphatic rings. The molecule has 2 amide bonds. The minimum absolute atomic E-state index is 0.0272. The van der Waals surface area contributed by atoms with Crippen molar-refractivity contribution in [1.29, 1.82) is 0 Å². The van der Waals surface area contributed by atoms with Gasteiger partial charge in [-0.05, 0) is 24.6 Å². The van der Waals surface area contributed by atoms with Gasteiger partial charge in [0.25, 0.3) is 11.8 Å². The van der Waals surface area contributed by atoms with Crippen LogP contribution in [0.1, 0.15) is 43.0 Å². The SMILES string of the molecule is O=C(NCc1ccc(C(F)(F)F)cn1)c1cn(CC(F)CCc2nnc(C(=O)NCC3C=CC=C(C(F)(F)F)N3)s2)nn1. The van der Waals surface area contributed by atoms with Crippen LogP contribution >= 0.6 is 11.3 Å². The zero-order chi connectivity index (χ0) is 31.2. The summed E-state index contributed by atoms with van der Waals surface area (Å²) in [6.07, 6.45) is -4.95. The lowest BCUT2D eigenvalue weighted by atomic mass is 10.1. The molecule has 11 nitrogen and oxygen atoms in total. The lowest BCUT2D eigenvalue weighted by Crippen LogP contribution is -2.43. The third-order valence-corrected chi connectivity index (χ3v) is 6.79. The number of aryl methyl sites for hydroxylation is 1. The number of alkyl halides is 7. The molecule has 0 saturated carbocycles. The molecule has 3 N–H and O–H groups in total. The molecule has 0 bridgehead atoms. The largest absolute Gasteiger partial charge is 0.430 e. The van der Waals surface area contributed by atoms with Crippen LogP contribution in [0.25, 0.3) is 0 Å². The van der Waals surface area contributed by atoms with E-state index >= 15 is 0 Å². The Morgan fingerprint density at radius 1 is 1.05 bits per heavy atom. The molecule has 3 aromatic heterocycles. The molecule has 0 saturated heterocycles. The molecule has 4 heterocycles. The molecular weight excluding hydrogens is 611 g/mol. The summed E-state index contributed by atoms with van der Waals surface area (Å²) < 4.78 is 92.1. The molecular formula is C24H22F7N9O2S. The number of nitrogens with one attached hydrogen (secondary N) is 3. The summed E-state index contributed by atoms with van der Waals surface area (Å²) in [5, 5.41) is 22.5. The Bertz CT molecular complexity index is 1480. The summed E-state index contributed by atoms with van der Waals surface area (Å²) in [7, 11) is 0. The number of allylic oxidation sites excluding steroid dienone is 3. The van der Waals surface area contributed by atoms with Crippen molar-refractivity contribution in [2.45, 2.75) is 50.5 Å². The van der Waals surface area contributed by atoms with Crippen LogP contribution in [0, 0.1) is 0 Å². The molecule has 230 valence electrons. The van der Waals surface area contributed by atoms with Crippen LogP contribution in [-0.2, 0) is 25.7 Å². The van der Waals surface area contributed by atoms with E-state index in [4.69, 9.17) is 0 Å². The van der Waals surface area contributed by atoms with Crippen LogP contribution in [0.2, 0.25) is 0 Å². The summed E-state index contributed by atoms with van der Waals surface area (Å²) in [5.41, 5.74) is -1.79. The number of nitrogens with zero attached hydrogens (tertiary/aromatic N) is 6. The van der Waals surface area contributed by atoms with Gasteiger partial charge in [-0.2, -0.15) is 26.3 Å². The fraction of sp³-hybridized carbons (Fsp3) is 0.375. The number of pyridine rings is 1. The third kappa shape index (κ3) is 9.03. The van der Waals surface area contributed by atoms with Crippen molar-refractivity contribution in [1.82, 2.24) is 46.1 Å². The van der Waals surface area contributed by atoms with Gasteiger partial charge in [0.15, 0.2) is 5.69 Å². The molecule has 0 radical (unpaired) electrons. The van der Waals surface area contributed by atoms with Crippen molar-refractivity contribution in [3.05, 3.63) is 75.4 Å². The molecule has 1 aliphatic heterocycles. The third-order valence-electron chi connectivity index (χ3n) is 5.81. The lowest BCUT2D eigenvalue weighted by Gasteiger charge is -2.23. The van der Waals surface area contributed by atoms with Gasteiger partial charge in [0, 0.05) is 19.2 Å². The first-order chi connectivity index (χ1) is 20.3. The maximum atomic E-state index is 14.6. The number of hydrogen-bond donors (Lipinski definition) is 3. The van der Waals surface area contributed by atoms with Gasteiger partial charge in [-0.25, -0.2) is 9.07 Å². The van der Waals surface area contributed by atoms with Crippen LogP contribution in [-0.4, -0.2) is 66.9 Å². The monoisotopic (exact) mass is 633 g/mol. The summed E-state index contributed by atoms with van der Waals surface area (Å²) in [6.45, 7) is -0.542. The van der Waals surface area contributed by atoms with E-state index in [9.17, 15) is 40.3 Å². The normalized spacial score (nSPS) is 15.9. The Kier molecular flexibility index (Phi) is 9.72. The maximum absolute atomic E-state index is 14.6. The Morgan fingerprint density at radius 2 is 1.84 bits per heavy atom. The fourth-order valence-corrected chi connectivity index (χ4v) is 4.40. The molecule has 19 heteroatoms. The van der Waals surface area contributed by atoms with Crippen molar-refractivity contribution in [3.8, 4) is 0 Å². The highest BCUT2D eigenvalue weighted by atomic mass is 32.1. The molecule has 43 heavy (non-hydrogen) atoms. The number of aromatic nitrogens is 6. The van der Waals surface area contributed by atoms with Crippen molar-refractivity contribution in [2.75, 3.05) is 6.54 Å². The molecule has 0 spiro atoms. The van der Waals surface area contributed by atoms with E-state index in [-0.39, 0.29) is 48.9 Å². The number of carbonyl (C=O) groups is 2. The first kappa shape index (κ1) is 31.5. The second-order valence-corrected chi connectivity index (χ2v) is 10.2. The predicted octanol–water partition coefficient (Wildman–Crippen LogP) is 3.15. The van der Waals surface area contributed by atoms with E-state index in [2.05, 4.69) is 41.4 Å². The van der Waals surface area contributed by atoms with Crippen molar-refractivity contribution < 1.29 is 40.3 Å². The second-order valence-electron chi connectivity index (χ2n) is 9.11. The minimum Gasteiger partial charge on any atom is -0.373 e. The maximum Gasteiger partial charge on any atom is 0.430 e. The molecule has 2 unspecified atom stereocenters. The average molecular weight is 634 g/mol. The van der Waals surface area contributed by atoms with E-state index in [0.29, 0.717) is 11.2 Å². The number of dihydropyridines is 1. The van der Waals surface area contributed by atoms with E-state index in [0.717, 1.165) is 34.2 Å². The fourth-order valence-electron chi connectivity index (χ4n) is 3.63. The second kappa shape index (κ2) is 13.3. The molecule has 3 aromatic rings. The molecule has 0 aliphatic carbocycles. The number of hydrogen-bond acceptors (Lipinski definition) is 9. The van der Waals surface area contributed by atoms with Gasteiger partial charge in [-0.15, -0.1) is 15.3 Å². The van der Waals surface area contributed by atoms with Gasteiger partial charge in [-0.3, -0.25) is 14.6 Å². The van der Waals surface area contributed by atoms with Crippen LogP contribution in [0.15, 0.2) is 48.5 Å². The number of carbonyl (C=O) groups excluding carboxylic acids is 2.